The Morgan fingerprint density at radius 3 is 2.55 bits per heavy atom. The summed E-state index contributed by atoms with van der Waals surface area (Å²) in [6, 6.07) is 19.8. The van der Waals surface area contributed by atoms with Crippen LogP contribution in [0.25, 0.3) is 11.8 Å². The minimum Gasteiger partial charge on any atom is -0.497 e. The Labute approximate surface area is 236 Å². The molecule has 0 amide bonds. The van der Waals surface area contributed by atoms with Gasteiger partial charge in [-0.3, -0.25) is 9.36 Å². The minimum atomic E-state index is -0.773. The van der Waals surface area contributed by atoms with Gasteiger partial charge in [0.15, 0.2) is 10.7 Å². The van der Waals surface area contributed by atoms with Gasteiger partial charge in [0.25, 0.3) is 5.56 Å². The Morgan fingerprint density at radius 2 is 1.85 bits per heavy atom. The van der Waals surface area contributed by atoms with Crippen molar-refractivity contribution in [3.05, 3.63) is 109 Å². The van der Waals surface area contributed by atoms with Crippen molar-refractivity contribution in [1.82, 2.24) is 4.57 Å². The molecule has 9 heteroatoms. The summed E-state index contributed by atoms with van der Waals surface area (Å²) >= 11 is 1.26. The summed E-state index contributed by atoms with van der Waals surface area (Å²) in [6.45, 7) is 7.69. The lowest BCUT2D eigenvalue weighted by atomic mass is 9.93. The number of furan rings is 1. The van der Waals surface area contributed by atoms with E-state index in [1.807, 2.05) is 66.7 Å². The molecule has 1 unspecified atom stereocenters. The average molecular weight is 558 g/mol. The summed E-state index contributed by atoms with van der Waals surface area (Å²) in [5.41, 5.74) is 1.96. The van der Waals surface area contributed by atoms with Crippen LogP contribution in [0.4, 0.5) is 5.88 Å². The molecule has 2 aromatic heterocycles. The van der Waals surface area contributed by atoms with E-state index in [9.17, 15) is 9.59 Å². The Hall–Kier alpha value is -4.37. The first-order valence-corrected chi connectivity index (χ1v) is 14.1. The van der Waals surface area contributed by atoms with Crippen LogP contribution in [0.15, 0.2) is 86.5 Å². The van der Waals surface area contributed by atoms with Crippen LogP contribution in [0.1, 0.15) is 43.7 Å². The first kappa shape index (κ1) is 27.2. The second-order valence-electron chi connectivity index (χ2n) is 9.06. The maximum absolute atomic E-state index is 14.0. The molecule has 2 aromatic carbocycles. The van der Waals surface area contributed by atoms with Gasteiger partial charge in [0.2, 0.25) is 0 Å². The third-order valence-corrected chi connectivity index (χ3v) is 7.73. The fraction of sp³-hybridized carbons (Fsp3) is 0.258. The molecule has 0 radical (unpaired) electrons. The van der Waals surface area contributed by atoms with Gasteiger partial charge in [-0.15, -0.1) is 0 Å². The molecule has 40 heavy (non-hydrogen) atoms. The number of methoxy groups -OCH3 is 1. The summed E-state index contributed by atoms with van der Waals surface area (Å²) in [6.07, 6.45) is 1.73. The number of rotatable bonds is 9. The van der Waals surface area contributed by atoms with Crippen LogP contribution in [0.2, 0.25) is 0 Å². The molecule has 0 saturated carbocycles. The zero-order valence-electron chi connectivity index (χ0n) is 22.9. The van der Waals surface area contributed by atoms with Crippen molar-refractivity contribution in [2.75, 3.05) is 31.7 Å². The molecular formula is C31H31N3O5S. The fourth-order valence-corrected chi connectivity index (χ4v) is 5.80. The molecule has 1 aliphatic rings. The molecule has 3 heterocycles. The van der Waals surface area contributed by atoms with E-state index >= 15 is 0 Å². The van der Waals surface area contributed by atoms with Gasteiger partial charge in [-0.2, -0.15) is 0 Å². The van der Waals surface area contributed by atoms with E-state index in [0.717, 1.165) is 24.5 Å². The van der Waals surface area contributed by atoms with Crippen molar-refractivity contribution in [1.29, 1.82) is 0 Å². The smallest absolute Gasteiger partial charge is 0.338 e. The van der Waals surface area contributed by atoms with Crippen LogP contribution in [0.5, 0.6) is 5.75 Å². The first-order valence-electron chi connectivity index (χ1n) is 13.3. The van der Waals surface area contributed by atoms with Crippen molar-refractivity contribution in [3.8, 4) is 5.75 Å². The molecule has 0 saturated heterocycles. The number of carbonyl (C=O) groups excluding carboxylic acids is 1. The van der Waals surface area contributed by atoms with Crippen LogP contribution in [0.3, 0.4) is 0 Å². The lowest BCUT2D eigenvalue weighted by molar-refractivity contribution is -0.138. The lowest BCUT2D eigenvalue weighted by Crippen LogP contribution is -2.40. The monoisotopic (exact) mass is 557 g/mol. The third kappa shape index (κ3) is 5.12. The van der Waals surface area contributed by atoms with Crippen molar-refractivity contribution in [2.24, 2.45) is 4.99 Å². The zero-order valence-corrected chi connectivity index (χ0v) is 23.7. The summed E-state index contributed by atoms with van der Waals surface area (Å²) < 4.78 is 19.1. The number of fused-ring (bicyclic) bond motifs is 1. The zero-order chi connectivity index (χ0) is 28.2. The average Bonchev–Trinajstić information content (AvgIpc) is 3.57. The standard InChI is InChI=1S/C31H31N3O5S/c1-5-33(6-2)25-17-16-23(39-25)19-24-29(35)34-28(21-14-11-15-22(18-21)37-4)26(30(36)38-7-3)27(32-31(34)40-24)20-12-9-8-10-13-20/h8-19,28H,5-7H2,1-4H3. The molecular weight excluding hydrogens is 526 g/mol. The van der Waals surface area contributed by atoms with Gasteiger partial charge in [-0.05, 0) is 44.5 Å². The lowest BCUT2D eigenvalue weighted by Gasteiger charge is -2.26. The minimum absolute atomic E-state index is 0.188. The van der Waals surface area contributed by atoms with Gasteiger partial charge in [0.05, 0.1) is 35.6 Å². The summed E-state index contributed by atoms with van der Waals surface area (Å²) in [7, 11) is 1.58. The number of thiazole rings is 1. The number of benzene rings is 2. The van der Waals surface area contributed by atoms with Crippen molar-refractivity contribution < 1.29 is 18.7 Å². The molecule has 8 nitrogen and oxygen atoms in total. The molecule has 1 atom stereocenters. The largest absolute Gasteiger partial charge is 0.497 e. The molecule has 206 valence electrons. The molecule has 0 spiro atoms. The quantitative estimate of drug-likeness (QED) is 0.284. The predicted molar refractivity (Wildman–Crippen MR) is 156 cm³/mol. The second kappa shape index (κ2) is 11.8. The highest BCUT2D eigenvalue weighted by Crippen LogP contribution is 2.36. The van der Waals surface area contributed by atoms with E-state index in [1.165, 1.54) is 11.3 Å². The molecule has 0 N–H and O–H groups in total. The van der Waals surface area contributed by atoms with Crippen LogP contribution < -0.4 is 24.5 Å². The molecule has 1 aliphatic heterocycles. The Balaban J connectivity index is 1.77. The van der Waals surface area contributed by atoms with E-state index < -0.39 is 12.0 Å². The number of esters is 1. The number of hydrogen-bond acceptors (Lipinski definition) is 8. The van der Waals surface area contributed by atoms with Crippen LogP contribution in [-0.2, 0) is 9.53 Å². The summed E-state index contributed by atoms with van der Waals surface area (Å²) in [5, 5.41) is 0. The molecule has 5 rings (SSSR count). The van der Waals surface area contributed by atoms with Gasteiger partial charge in [-0.1, -0.05) is 53.8 Å². The Kier molecular flexibility index (Phi) is 8.02. The number of carbonyl (C=O) groups is 1. The van der Waals surface area contributed by atoms with E-state index in [0.29, 0.717) is 37.7 Å². The summed E-state index contributed by atoms with van der Waals surface area (Å²) in [4.78, 5) is 35.0. The van der Waals surface area contributed by atoms with Crippen LogP contribution in [0, 0.1) is 0 Å². The van der Waals surface area contributed by atoms with Gasteiger partial charge in [0, 0.05) is 30.8 Å². The number of nitrogens with zero attached hydrogens (tertiary/aromatic N) is 3. The SMILES string of the molecule is CCOC(=O)C1=C(c2ccccc2)N=c2sc(=Cc3ccc(N(CC)CC)o3)c(=O)n2C1c1cccc(OC)c1. The Morgan fingerprint density at radius 1 is 1.07 bits per heavy atom. The third-order valence-electron chi connectivity index (χ3n) is 6.74. The highest BCUT2D eigenvalue weighted by atomic mass is 32.1. The second-order valence-corrected chi connectivity index (χ2v) is 10.1. The maximum atomic E-state index is 14.0. The number of ether oxygens (including phenoxy) is 2. The highest BCUT2D eigenvalue weighted by Gasteiger charge is 2.35. The Bertz CT molecular complexity index is 1730. The van der Waals surface area contributed by atoms with E-state index in [1.54, 1.807) is 24.7 Å². The van der Waals surface area contributed by atoms with Gasteiger partial charge < -0.3 is 18.8 Å². The van der Waals surface area contributed by atoms with Gasteiger partial charge in [-0.25, -0.2) is 9.79 Å². The van der Waals surface area contributed by atoms with Crippen molar-refractivity contribution >= 4 is 35.0 Å². The molecule has 0 aliphatic carbocycles. The topological polar surface area (TPSA) is 86.3 Å². The van der Waals surface area contributed by atoms with Crippen molar-refractivity contribution in [2.45, 2.75) is 26.8 Å². The van der Waals surface area contributed by atoms with Gasteiger partial charge in [0.1, 0.15) is 11.5 Å². The molecule has 0 bridgehead atoms. The maximum Gasteiger partial charge on any atom is 0.338 e. The van der Waals surface area contributed by atoms with E-state index in [2.05, 4.69) is 18.7 Å². The van der Waals surface area contributed by atoms with Crippen LogP contribution >= 0.6 is 11.3 Å². The normalized spacial score (nSPS) is 15.0. The highest BCUT2D eigenvalue weighted by molar-refractivity contribution is 7.07. The van der Waals surface area contributed by atoms with E-state index in [-0.39, 0.29) is 12.2 Å². The number of aromatic nitrogens is 1. The van der Waals surface area contributed by atoms with Gasteiger partial charge >= 0.3 is 5.97 Å². The summed E-state index contributed by atoms with van der Waals surface area (Å²) in [5.74, 6) is 1.40. The predicted octanol–water partition coefficient (Wildman–Crippen LogP) is 4.38. The number of hydrogen-bond donors (Lipinski definition) is 0. The fourth-order valence-electron chi connectivity index (χ4n) is 4.82. The van der Waals surface area contributed by atoms with E-state index in [4.69, 9.17) is 18.9 Å². The number of anilines is 1. The first-order chi connectivity index (χ1) is 19.5. The molecule has 0 fully saturated rings. The van der Waals surface area contributed by atoms with Crippen molar-refractivity contribution in [3.63, 3.8) is 0 Å². The molecule has 4 aromatic rings. The van der Waals surface area contributed by atoms with Crippen LogP contribution in [-0.4, -0.2) is 37.3 Å².